The fourth-order valence-corrected chi connectivity index (χ4v) is 2.51. The Kier molecular flexibility index (Phi) is 3.55. The predicted octanol–water partition coefficient (Wildman–Crippen LogP) is 0.393. The summed E-state index contributed by atoms with van der Waals surface area (Å²) in [6, 6.07) is 0. The lowest BCUT2D eigenvalue weighted by Gasteiger charge is -2.27. The molecule has 0 saturated carbocycles. The van der Waals surface area contributed by atoms with Crippen molar-refractivity contribution in [2.45, 2.75) is 5.16 Å². The van der Waals surface area contributed by atoms with Crippen LogP contribution in [0.1, 0.15) is 0 Å². The normalized spacial score (nSPS) is 26.2. The minimum absolute atomic E-state index is 0. The maximum absolute atomic E-state index is 11.3. The minimum Gasteiger partial charge on any atom is -0.480 e. The minimum atomic E-state index is -4.81. The summed E-state index contributed by atoms with van der Waals surface area (Å²) in [7, 11) is -4.81. The topological polar surface area (TPSA) is 107 Å². The summed E-state index contributed by atoms with van der Waals surface area (Å²) < 4.78 is 11.3. The fraction of sp³-hybridized carbons (Fsp3) is 0.222. The number of carboxylic acid groups (broad SMARTS) is 1. The van der Waals surface area contributed by atoms with Gasteiger partial charge in [0, 0.05) is 12.2 Å². The third-order valence-electron chi connectivity index (χ3n) is 2.63. The van der Waals surface area contributed by atoms with Gasteiger partial charge in [0.25, 0.3) is 0 Å². The fourth-order valence-electron chi connectivity index (χ4n) is 1.70. The molecule has 0 bridgehead atoms. The van der Waals surface area contributed by atoms with E-state index in [0.29, 0.717) is 12.2 Å². The molecule has 4 N–H and O–H groups in total. The molecule has 0 amide bonds. The van der Waals surface area contributed by atoms with Gasteiger partial charge in [0.15, 0.2) is 0 Å². The number of halogens is 1. The van der Waals surface area contributed by atoms with E-state index < -0.39 is 18.7 Å². The van der Waals surface area contributed by atoms with E-state index in [0.717, 1.165) is 17.7 Å². The molecule has 0 saturated heterocycles. The Morgan fingerprint density at radius 1 is 1.47 bits per heavy atom. The Labute approximate surface area is 103 Å². The lowest BCUT2D eigenvalue weighted by Crippen LogP contribution is -2.37. The van der Waals surface area contributed by atoms with Crippen LogP contribution in [0.4, 0.5) is 0 Å². The second kappa shape index (κ2) is 4.31. The average molecular weight is 280 g/mol. The summed E-state index contributed by atoms with van der Waals surface area (Å²) >= 11 is 0. The number of rotatable bonds is 2. The van der Waals surface area contributed by atoms with Gasteiger partial charge < -0.3 is 20.2 Å². The Morgan fingerprint density at radius 3 is 2.65 bits per heavy atom. The number of carbonyl (C=O) groups is 1. The van der Waals surface area contributed by atoms with Crippen LogP contribution in [0.2, 0.25) is 0 Å². The van der Waals surface area contributed by atoms with Crippen molar-refractivity contribution in [2.24, 2.45) is 0 Å². The number of aliphatic carboxylic acids is 1. The largest absolute Gasteiger partial charge is 0.480 e. The first kappa shape index (κ1) is 14.0. The molecule has 1 aliphatic heterocycles. The van der Waals surface area contributed by atoms with E-state index in [-0.39, 0.29) is 12.4 Å². The SMILES string of the molecule is Cl.O=C(O)C1(P(=O)(O)O)C=CC2=CCNC2=C1. The molecular weight excluding hydrogens is 269 g/mol. The van der Waals surface area contributed by atoms with E-state index in [1.165, 1.54) is 6.08 Å². The molecule has 17 heavy (non-hydrogen) atoms. The van der Waals surface area contributed by atoms with E-state index in [1.807, 2.05) is 6.08 Å². The molecule has 0 aromatic rings. The van der Waals surface area contributed by atoms with Gasteiger partial charge >= 0.3 is 13.6 Å². The zero-order valence-corrected chi connectivity index (χ0v) is 10.2. The zero-order chi connectivity index (χ0) is 12.0. The van der Waals surface area contributed by atoms with Crippen LogP contribution in [0.25, 0.3) is 0 Å². The van der Waals surface area contributed by atoms with Crippen molar-refractivity contribution in [1.82, 2.24) is 5.32 Å². The summed E-state index contributed by atoms with van der Waals surface area (Å²) in [6.45, 7) is 0.530. The van der Waals surface area contributed by atoms with Crippen molar-refractivity contribution >= 4 is 26.0 Å². The first-order chi connectivity index (χ1) is 7.37. The molecule has 1 aliphatic carbocycles. The highest BCUT2D eigenvalue weighted by Gasteiger charge is 2.52. The zero-order valence-electron chi connectivity index (χ0n) is 8.53. The van der Waals surface area contributed by atoms with Gasteiger partial charge in [0.05, 0.1) is 0 Å². The number of nitrogens with one attached hydrogen (secondary N) is 1. The summed E-state index contributed by atoms with van der Waals surface area (Å²) in [6.07, 6.45) is 5.35. The van der Waals surface area contributed by atoms with E-state index in [2.05, 4.69) is 5.32 Å². The van der Waals surface area contributed by atoms with Crippen LogP contribution >= 0.6 is 20.0 Å². The molecule has 8 heteroatoms. The highest BCUT2D eigenvalue weighted by atomic mass is 35.5. The number of allylic oxidation sites excluding steroid dienone is 1. The highest BCUT2D eigenvalue weighted by molar-refractivity contribution is 7.55. The van der Waals surface area contributed by atoms with Crippen LogP contribution < -0.4 is 5.32 Å². The first-order valence-electron chi connectivity index (χ1n) is 4.52. The number of carboxylic acids is 1. The Morgan fingerprint density at radius 2 is 2.12 bits per heavy atom. The van der Waals surface area contributed by atoms with Crippen molar-refractivity contribution in [2.75, 3.05) is 6.54 Å². The van der Waals surface area contributed by atoms with Crippen LogP contribution in [0, 0.1) is 0 Å². The van der Waals surface area contributed by atoms with E-state index >= 15 is 0 Å². The van der Waals surface area contributed by atoms with Gasteiger partial charge in [-0.2, -0.15) is 0 Å². The van der Waals surface area contributed by atoms with Crippen LogP contribution in [-0.2, 0) is 9.36 Å². The van der Waals surface area contributed by atoms with E-state index in [9.17, 15) is 19.1 Å². The Balaban J connectivity index is 0.00000144. The standard InChI is InChI=1S/C9H10NO5P.ClH/c11-8(12)9(16(13,14)15)3-1-6-2-4-10-7(6)5-9;/h1-3,5,10H,4H2,(H,11,12)(H2,13,14,15);1H. The van der Waals surface area contributed by atoms with Crippen molar-refractivity contribution < 1.29 is 24.3 Å². The molecular formula is C9H11ClNO5P. The highest BCUT2D eigenvalue weighted by Crippen LogP contribution is 2.54. The molecule has 0 aromatic heterocycles. The third-order valence-corrected chi connectivity index (χ3v) is 4.06. The Hall–Kier alpha value is -1.07. The second-order valence-corrected chi connectivity index (χ2v) is 5.43. The molecule has 1 unspecified atom stereocenters. The quantitative estimate of drug-likeness (QED) is 0.545. The van der Waals surface area contributed by atoms with Crippen LogP contribution in [0.15, 0.2) is 35.6 Å². The number of fused-ring (bicyclic) bond motifs is 1. The molecule has 0 radical (unpaired) electrons. The smallest absolute Gasteiger partial charge is 0.350 e. The van der Waals surface area contributed by atoms with Crippen LogP contribution in [0.5, 0.6) is 0 Å². The van der Waals surface area contributed by atoms with Crippen molar-refractivity contribution in [3.05, 3.63) is 35.6 Å². The summed E-state index contributed by atoms with van der Waals surface area (Å²) in [5, 5.41) is 9.61. The monoisotopic (exact) mass is 279 g/mol. The predicted molar refractivity (Wildman–Crippen MR) is 63.0 cm³/mol. The second-order valence-electron chi connectivity index (χ2n) is 3.61. The van der Waals surface area contributed by atoms with Crippen molar-refractivity contribution in [3.8, 4) is 0 Å². The van der Waals surface area contributed by atoms with Gasteiger partial charge in [-0.15, -0.1) is 12.4 Å². The Bertz CT molecular complexity index is 492. The summed E-state index contributed by atoms with van der Waals surface area (Å²) in [5.74, 6) is -1.56. The molecule has 2 aliphatic rings. The molecule has 0 fully saturated rings. The lowest BCUT2D eigenvalue weighted by molar-refractivity contribution is -0.138. The summed E-state index contributed by atoms with van der Waals surface area (Å²) in [5.41, 5.74) is 1.21. The van der Waals surface area contributed by atoms with Gasteiger partial charge in [0.2, 0.25) is 5.16 Å². The maximum atomic E-state index is 11.3. The third kappa shape index (κ3) is 2.05. The molecule has 0 aromatic carbocycles. The van der Waals surface area contributed by atoms with Gasteiger partial charge in [-0.05, 0) is 11.6 Å². The average Bonchev–Trinajstić information content (AvgIpc) is 2.61. The molecule has 94 valence electrons. The molecule has 6 nitrogen and oxygen atoms in total. The summed E-state index contributed by atoms with van der Waals surface area (Å²) in [4.78, 5) is 29.4. The molecule has 2 rings (SSSR count). The van der Waals surface area contributed by atoms with E-state index in [1.54, 1.807) is 0 Å². The molecule has 1 heterocycles. The number of hydrogen-bond donors (Lipinski definition) is 4. The lowest BCUT2D eigenvalue weighted by atomic mass is 9.97. The first-order valence-corrected chi connectivity index (χ1v) is 6.13. The molecule has 1 atom stereocenters. The van der Waals surface area contributed by atoms with Crippen LogP contribution in [0.3, 0.4) is 0 Å². The van der Waals surface area contributed by atoms with Gasteiger partial charge in [-0.3, -0.25) is 9.36 Å². The molecule has 0 spiro atoms. The van der Waals surface area contributed by atoms with Crippen molar-refractivity contribution in [1.29, 1.82) is 0 Å². The number of hydrogen-bond acceptors (Lipinski definition) is 3. The van der Waals surface area contributed by atoms with Crippen molar-refractivity contribution in [3.63, 3.8) is 0 Å². The van der Waals surface area contributed by atoms with Crippen LogP contribution in [-0.4, -0.2) is 32.6 Å². The maximum Gasteiger partial charge on any atom is 0.350 e. The van der Waals surface area contributed by atoms with Gasteiger partial charge in [-0.25, -0.2) is 0 Å². The van der Waals surface area contributed by atoms with Gasteiger partial charge in [0.1, 0.15) is 0 Å². The van der Waals surface area contributed by atoms with E-state index in [4.69, 9.17) is 5.11 Å². The van der Waals surface area contributed by atoms with Gasteiger partial charge in [-0.1, -0.05) is 18.2 Å².